The predicted molar refractivity (Wildman–Crippen MR) is 98.9 cm³/mol. The van der Waals surface area contributed by atoms with E-state index >= 15 is 0 Å². The Hall–Kier alpha value is -2.37. The van der Waals surface area contributed by atoms with E-state index in [9.17, 15) is 4.79 Å². The summed E-state index contributed by atoms with van der Waals surface area (Å²) in [5, 5.41) is 7.77. The molecule has 1 aliphatic rings. The van der Waals surface area contributed by atoms with E-state index in [-0.39, 0.29) is 17.5 Å². The molecule has 1 amide bonds. The molecule has 0 saturated carbocycles. The molecule has 0 radical (unpaired) electrons. The standard InChI is InChI=1S/C19H27N5O/c1-19(2,3)24-16-8-6-7-15(14(16)12-21-24)22-18(25)13-9-10-20-17(11-13)23(4)5/h9-12,15H,6-8H2,1-5H3,(H,22,25). The van der Waals surface area contributed by atoms with E-state index in [4.69, 9.17) is 0 Å². The number of rotatable bonds is 3. The van der Waals surface area contributed by atoms with Gasteiger partial charge in [0.1, 0.15) is 5.82 Å². The van der Waals surface area contributed by atoms with E-state index < -0.39 is 0 Å². The maximum absolute atomic E-state index is 12.7. The molecule has 2 aromatic heterocycles. The van der Waals surface area contributed by atoms with Gasteiger partial charge in [0.2, 0.25) is 0 Å². The van der Waals surface area contributed by atoms with Crippen LogP contribution in [0.3, 0.4) is 0 Å². The van der Waals surface area contributed by atoms with Gasteiger partial charge in [-0.15, -0.1) is 0 Å². The molecule has 1 aliphatic carbocycles. The summed E-state index contributed by atoms with van der Waals surface area (Å²) in [6.07, 6.45) is 6.61. The van der Waals surface area contributed by atoms with Gasteiger partial charge in [-0.1, -0.05) is 0 Å². The monoisotopic (exact) mass is 341 g/mol. The third-order valence-electron chi connectivity index (χ3n) is 4.59. The number of hydrogen-bond acceptors (Lipinski definition) is 4. The topological polar surface area (TPSA) is 63.1 Å². The quantitative estimate of drug-likeness (QED) is 0.932. The molecule has 25 heavy (non-hydrogen) atoms. The van der Waals surface area contributed by atoms with Crippen LogP contribution in [0, 0.1) is 0 Å². The molecule has 0 fully saturated rings. The summed E-state index contributed by atoms with van der Waals surface area (Å²) in [6.45, 7) is 6.46. The highest BCUT2D eigenvalue weighted by Crippen LogP contribution is 2.32. The number of amides is 1. The number of fused-ring (bicyclic) bond motifs is 1. The van der Waals surface area contributed by atoms with Crippen molar-refractivity contribution in [3.8, 4) is 0 Å². The number of anilines is 1. The number of carbonyl (C=O) groups excluding carboxylic acids is 1. The largest absolute Gasteiger partial charge is 0.363 e. The summed E-state index contributed by atoms with van der Waals surface area (Å²) in [5.74, 6) is 0.712. The van der Waals surface area contributed by atoms with Gasteiger partial charge in [0, 0.05) is 37.1 Å². The average molecular weight is 341 g/mol. The second-order valence-corrected chi connectivity index (χ2v) is 7.84. The Morgan fingerprint density at radius 2 is 2.12 bits per heavy atom. The summed E-state index contributed by atoms with van der Waals surface area (Å²) in [5.41, 5.74) is 2.98. The molecule has 1 unspecified atom stereocenters. The minimum Gasteiger partial charge on any atom is -0.363 e. The van der Waals surface area contributed by atoms with Gasteiger partial charge in [0.05, 0.1) is 17.8 Å². The molecule has 0 aromatic carbocycles. The van der Waals surface area contributed by atoms with Crippen molar-refractivity contribution in [1.29, 1.82) is 0 Å². The molecule has 6 nitrogen and oxygen atoms in total. The first-order valence-corrected chi connectivity index (χ1v) is 8.79. The Kier molecular flexibility index (Phi) is 4.54. The molecule has 1 N–H and O–H groups in total. The van der Waals surface area contributed by atoms with E-state index in [0.29, 0.717) is 5.56 Å². The minimum absolute atomic E-state index is 0.0170. The van der Waals surface area contributed by atoms with Crippen LogP contribution in [0.15, 0.2) is 24.5 Å². The number of carbonyl (C=O) groups is 1. The summed E-state index contributed by atoms with van der Waals surface area (Å²) in [4.78, 5) is 18.9. The SMILES string of the molecule is CN(C)c1cc(C(=O)NC2CCCc3c2cnn3C(C)(C)C)ccn1. The third-order valence-corrected chi connectivity index (χ3v) is 4.59. The van der Waals surface area contributed by atoms with E-state index in [1.54, 1.807) is 12.3 Å². The smallest absolute Gasteiger partial charge is 0.251 e. The first-order valence-electron chi connectivity index (χ1n) is 8.79. The molecular weight excluding hydrogens is 314 g/mol. The second-order valence-electron chi connectivity index (χ2n) is 7.84. The summed E-state index contributed by atoms with van der Waals surface area (Å²) in [7, 11) is 3.83. The summed E-state index contributed by atoms with van der Waals surface area (Å²) >= 11 is 0. The molecule has 1 atom stereocenters. The van der Waals surface area contributed by atoms with Gasteiger partial charge in [0.25, 0.3) is 5.91 Å². The number of nitrogens with zero attached hydrogens (tertiary/aromatic N) is 4. The van der Waals surface area contributed by atoms with Crippen molar-refractivity contribution in [2.24, 2.45) is 0 Å². The maximum Gasteiger partial charge on any atom is 0.251 e. The van der Waals surface area contributed by atoms with Gasteiger partial charge in [-0.2, -0.15) is 5.10 Å². The lowest BCUT2D eigenvalue weighted by Gasteiger charge is -2.28. The van der Waals surface area contributed by atoms with Crippen LogP contribution in [-0.4, -0.2) is 34.8 Å². The second kappa shape index (κ2) is 6.50. The number of nitrogens with one attached hydrogen (secondary N) is 1. The zero-order chi connectivity index (χ0) is 18.2. The van der Waals surface area contributed by atoms with Crippen molar-refractivity contribution in [3.05, 3.63) is 41.3 Å². The van der Waals surface area contributed by atoms with E-state index in [1.807, 2.05) is 31.3 Å². The molecule has 0 aliphatic heterocycles. The van der Waals surface area contributed by atoms with Crippen LogP contribution in [0.2, 0.25) is 0 Å². The Morgan fingerprint density at radius 1 is 1.36 bits per heavy atom. The number of hydrogen-bond donors (Lipinski definition) is 1. The van der Waals surface area contributed by atoms with Crippen molar-refractivity contribution in [2.45, 2.75) is 51.6 Å². The highest BCUT2D eigenvalue weighted by Gasteiger charge is 2.29. The Bertz CT molecular complexity index is 772. The van der Waals surface area contributed by atoms with Crippen molar-refractivity contribution in [3.63, 3.8) is 0 Å². The number of pyridine rings is 1. The summed E-state index contributed by atoms with van der Waals surface area (Å²) in [6, 6.07) is 3.59. The summed E-state index contributed by atoms with van der Waals surface area (Å²) < 4.78 is 2.09. The van der Waals surface area contributed by atoms with Crippen molar-refractivity contribution in [2.75, 3.05) is 19.0 Å². The molecule has 134 valence electrons. The lowest BCUT2D eigenvalue weighted by atomic mass is 9.92. The van der Waals surface area contributed by atoms with Gasteiger partial charge < -0.3 is 10.2 Å². The molecule has 0 bridgehead atoms. The Labute approximate surface area is 149 Å². The van der Waals surface area contributed by atoms with Crippen LogP contribution >= 0.6 is 0 Å². The fourth-order valence-electron chi connectivity index (χ4n) is 3.33. The van der Waals surface area contributed by atoms with Crippen LogP contribution < -0.4 is 10.2 Å². The van der Waals surface area contributed by atoms with Crippen LogP contribution in [0.25, 0.3) is 0 Å². The fourth-order valence-corrected chi connectivity index (χ4v) is 3.33. The van der Waals surface area contributed by atoms with Crippen molar-refractivity contribution in [1.82, 2.24) is 20.1 Å². The maximum atomic E-state index is 12.7. The first-order chi connectivity index (χ1) is 11.8. The van der Waals surface area contributed by atoms with E-state index in [0.717, 1.165) is 30.6 Å². The lowest BCUT2D eigenvalue weighted by Crippen LogP contribution is -2.32. The molecule has 2 aromatic rings. The molecule has 2 heterocycles. The molecule has 0 spiro atoms. The van der Waals surface area contributed by atoms with Gasteiger partial charge in [-0.25, -0.2) is 4.98 Å². The van der Waals surface area contributed by atoms with Crippen LogP contribution in [0.5, 0.6) is 0 Å². The third kappa shape index (κ3) is 3.52. The zero-order valence-electron chi connectivity index (χ0n) is 15.7. The van der Waals surface area contributed by atoms with Gasteiger partial charge >= 0.3 is 0 Å². The van der Waals surface area contributed by atoms with Crippen molar-refractivity contribution >= 4 is 11.7 Å². The average Bonchev–Trinajstić information content (AvgIpc) is 3.00. The van der Waals surface area contributed by atoms with Gasteiger partial charge in [-0.05, 0) is 52.2 Å². The van der Waals surface area contributed by atoms with Crippen LogP contribution in [-0.2, 0) is 12.0 Å². The zero-order valence-corrected chi connectivity index (χ0v) is 15.7. The van der Waals surface area contributed by atoms with Crippen LogP contribution in [0.4, 0.5) is 5.82 Å². The van der Waals surface area contributed by atoms with E-state index in [2.05, 4.69) is 40.9 Å². The van der Waals surface area contributed by atoms with Crippen molar-refractivity contribution < 1.29 is 4.79 Å². The van der Waals surface area contributed by atoms with Crippen LogP contribution in [0.1, 0.15) is 61.3 Å². The molecule has 6 heteroatoms. The van der Waals surface area contributed by atoms with Gasteiger partial charge in [0.15, 0.2) is 0 Å². The fraction of sp³-hybridized carbons (Fsp3) is 0.526. The molecular formula is C19H27N5O. The highest BCUT2D eigenvalue weighted by atomic mass is 16.1. The predicted octanol–water partition coefficient (Wildman–Crippen LogP) is 2.91. The normalized spacial score (nSPS) is 17.1. The van der Waals surface area contributed by atoms with Gasteiger partial charge in [-0.3, -0.25) is 9.48 Å². The molecule has 0 saturated heterocycles. The minimum atomic E-state index is -0.0631. The van der Waals surface area contributed by atoms with E-state index in [1.165, 1.54) is 5.69 Å². The Morgan fingerprint density at radius 3 is 2.80 bits per heavy atom. The number of aromatic nitrogens is 3. The Balaban J connectivity index is 1.82. The highest BCUT2D eigenvalue weighted by molar-refractivity contribution is 5.95. The molecule has 3 rings (SSSR count). The lowest BCUT2D eigenvalue weighted by molar-refractivity contribution is 0.0932. The first kappa shape index (κ1) is 17.5.